The first-order valence-electron chi connectivity index (χ1n) is 10.0. The molecule has 2 N–H and O–H groups in total. The smallest absolute Gasteiger partial charge is 0.330 e. The summed E-state index contributed by atoms with van der Waals surface area (Å²) in [5.74, 6) is -3.26. The number of imide groups is 2. The van der Waals surface area contributed by atoms with Crippen LogP contribution in [0.3, 0.4) is 0 Å². The quantitative estimate of drug-likeness (QED) is 0.538. The number of carbonyl (C=O) groups excluding carboxylic acids is 5. The Kier molecular flexibility index (Phi) is 6.49. The molecule has 0 unspecified atom stereocenters. The molecule has 1 aromatic carbocycles. The van der Waals surface area contributed by atoms with Gasteiger partial charge in [0.05, 0.1) is 11.1 Å². The van der Waals surface area contributed by atoms with Crippen molar-refractivity contribution >= 4 is 29.7 Å². The summed E-state index contributed by atoms with van der Waals surface area (Å²) in [6, 6.07) is 4.54. The van der Waals surface area contributed by atoms with E-state index in [0.29, 0.717) is 0 Å². The SMILES string of the molecule is CC(C)[C@@H](C(=O)OCC(=O)NC(=O)NC1CCCC1)N1C(=O)c2ccccc2C1=O. The van der Waals surface area contributed by atoms with Crippen molar-refractivity contribution in [1.82, 2.24) is 15.5 Å². The molecule has 1 saturated carbocycles. The number of carbonyl (C=O) groups is 5. The van der Waals surface area contributed by atoms with E-state index in [0.717, 1.165) is 30.6 Å². The molecule has 1 aromatic rings. The second kappa shape index (κ2) is 9.06. The Hall–Kier alpha value is -3.23. The van der Waals surface area contributed by atoms with Crippen LogP contribution in [-0.2, 0) is 14.3 Å². The van der Waals surface area contributed by atoms with E-state index < -0.39 is 48.3 Å². The number of amides is 5. The lowest BCUT2D eigenvalue weighted by atomic mass is 10.0. The number of esters is 1. The largest absolute Gasteiger partial charge is 0.454 e. The fourth-order valence-electron chi connectivity index (χ4n) is 3.81. The van der Waals surface area contributed by atoms with Crippen molar-refractivity contribution in [3.63, 3.8) is 0 Å². The van der Waals surface area contributed by atoms with Gasteiger partial charge in [-0.05, 0) is 30.9 Å². The molecule has 5 amide bonds. The van der Waals surface area contributed by atoms with E-state index in [1.807, 2.05) is 0 Å². The molecule has 9 heteroatoms. The van der Waals surface area contributed by atoms with Gasteiger partial charge in [0.25, 0.3) is 17.7 Å². The molecule has 30 heavy (non-hydrogen) atoms. The molecule has 0 bridgehead atoms. The molecule has 1 atom stereocenters. The van der Waals surface area contributed by atoms with Crippen molar-refractivity contribution in [2.45, 2.75) is 51.6 Å². The Morgan fingerprint density at radius 3 is 2.17 bits per heavy atom. The summed E-state index contributed by atoms with van der Waals surface area (Å²) in [4.78, 5) is 62.6. The number of urea groups is 1. The lowest BCUT2D eigenvalue weighted by Gasteiger charge is -2.27. The number of nitrogens with one attached hydrogen (secondary N) is 2. The van der Waals surface area contributed by atoms with Gasteiger partial charge in [-0.15, -0.1) is 0 Å². The molecule has 0 saturated heterocycles. The molecule has 3 rings (SSSR count). The van der Waals surface area contributed by atoms with Crippen molar-refractivity contribution in [2.24, 2.45) is 5.92 Å². The Morgan fingerprint density at radius 1 is 1.07 bits per heavy atom. The van der Waals surface area contributed by atoms with Crippen molar-refractivity contribution in [2.75, 3.05) is 6.61 Å². The lowest BCUT2D eigenvalue weighted by molar-refractivity contribution is -0.153. The second-order valence-electron chi connectivity index (χ2n) is 7.83. The summed E-state index contributed by atoms with van der Waals surface area (Å²) in [7, 11) is 0. The molecule has 1 aliphatic heterocycles. The summed E-state index contributed by atoms with van der Waals surface area (Å²) < 4.78 is 5.03. The highest BCUT2D eigenvalue weighted by Crippen LogP contribution is 2.27. The summed E-state index contributed by atoms with van der Waals surface area (Å²) >= 11 is 0. The van der Waals surface area contributed by atoms with Crippen LogP contribution in [0.5, 0.6) is 0 Å². The predicted octanol–water partition coefficient (Wildman–Crippen LogP) is 1.62. The first kappa shape index (κ1) is 21.5. The number of hydrogen-bond donors (Lipinski definition) is 2. The number of hydrogen-bond acceptors (Lipinski definition) is 6. The van der Waals surface area contributed by atoms with E-state index >= 15 is 0 Å². The van der Waals surface area contributed by atoms with E-state index in [2.05, 4.69) is 10.6 Å². The molecule has 1 aliphatic carbocycles. The minimum absolute atomic E-state index is 0.0412. The van der Waals surface area contributed by atoms with Gasteiger partial charge in [-0.3, -0.25) is 24.6 Å². The molecule has 160 valence electrons. The average Bonchev–Trinajstić information content (AvgIpc) is 3.29. The molecule has 0 aromatic heterocycles. The van der Waals surface area contributed by atoms with Crippen LogP contribution in [-0.4, -0.2) is 53.3 Å². The normalized spacial score (nSPS) is 17.1. The van der Waals surface area contributed by atoms with Gasteiger partial charge in [0, 0.05) is 6.04 Å². The van der Waals surface area contributed by atoms with Crippen LogP contribution in [0.4, 0.5) is 4.79 Å². The van der Waals surface area contributed by atoms with Crippen LogP contribution in [0, 0.1) is 5.92 Å². The predicted molar refractivity (Wildman–Crippen MR) is 105 cm³/mol. The monoisotopic (exact) mass is 415 g/mol. The maximum absolute atomic E-state index is 12.7. The average molecular weight is 415 g/mol. The topological polar surface area (TPSA) is 122 Å². The third-order valence-corrected chi connectivity index (χ3v) is 5.27. The summed E-state index contributed by atoms with van der Waals surface area (Å²) in [5, 5.41) is 4.81. The van der Waals surface area contributed by atoms with Gasteiger partial charge in [0.15, 0.2) is 6.61 Å². The maximum Gasteiger partial charge on any atom is 0.330 e. The number of benzene rings is 1. The molecule has 1 heterocycles. The van der Waals surface area contributed by atoms with E-state index in [-0.39, 0.29) is 17.2 Å². The summed E-state index contributed by atoms with van der Waals surface area (Å²) in [6.07, 6.45) is 3.80. The Bertz CT molecular complexity index is 840. The number of rotatable bonds is 6. The van der Waals surface area contributed by atoms with Gasteiger partial charge in [-0.2, -0.15) is 0 Å². The lowest BCUT2D eigenvalue weighted by Crippen LogP contribution is -2.50. The number of fused-ring (bicyclic) bond motifs is 1. The molecular formula is C21H25N3O6. The van der Waals surface area contributed by atoms with Crippen LogP contribution >= 0.6 is 0 Å². The van der Waals surface area contributed by atoms with E-state index in [1.54, 1.807) is 26.0 Å². The van der Waals surface area contributed by atoms with Gasteiger partial charge in [0.1, 0.15) is 6.04 Å². The van der Waals surface area contributed by atoms with Crippen LogP contribution in [0.2, 0.25) is 0 Å². The first-order chi connectivity index (χ1) is 14.3. The van der Waals surface area contributed by atoms with Crippen LogP contribution in [0.15, 0.2) is 24.3 Å². The highest BCUT2D eigenvalue weighted by atomic mass is 16.5. The Labute approximate surface area is 174 Å². The van der Waals surface area contributed by atoms with Gasteiger partial charge < -0.3 is 10.1 Å². The second-order valence-corrected chi connectivity index (χ2v) is 7.83. The molecule has 9 nitrogen and oxygen atoms in total. The first-order valence-corrected chi connectivity index (χ1v) is 10.0. The van der Waals surface area contributed by atoms with Crippen LogP contribution in [0.25, 0.3) is 0 Å². The molecule has 0 spiro atoms. The van der Waals surface area contributed by atoms with Gasteiger partial charge >= 0.3 is 12.0 Å². The summed E-state index contributed by atoms with van der Waals surface area (Å²) in [5.41, 5.74) is 0.449. The molecular weight excluding hydrogens is 390 g/mol. The van der Waals surface area contributed by atoms with Crippen molar-refractivity contribution in [1.29, 1.82) is 0 Å². The molecule has 0 radical (unpaired) electrons. The Balaban J connectivity index is 1.58. The zero-order valence-electron chi connectivity index (χ0n) is 17.0. The highest BCUT2D eigenvalue weighted by molar-refractivity contribution is 6.22. The maximum atomic E-state index is 12.7. The van der Waals surface area contributed by atoms with Crippen LogP contribution in [0.1, 0.15) is 60.2 Å². The fourth-order valence-corrected chi connectivity index (χ4v) is 3.81. The third kappa shape index (κ3) is 4.50. The highest BCUT2D eigenvalue weighted by Gasteiger charge is 2.44. The van der Waals surface area contributed by atoms with Gasteiger partial charge in [-0.25, -0.2) is 9.59 Å². The fraction of sp³-hybridized carbons (Fsp3) is 0.476. The standard InChI is InChI=1S/C21H25N3O6/c1-12(2)17(24-18(26)14-9-5-6-10-15(14)19(24)27)20(28)30-11-16(25)23-21(29)22-13-7-3-4-8-13/h5-6,9-10,12-13,17H,3-4,7-8,11H2,1-2H3,(H2,22,23,25,29)/t17-/m0/s1. The molecule has 2 aliphatic rings. The van der Waals surface area contributed by atoms with Gasteiger partial charge in [0.2, 0.25) is 0 Å². The van der Waals surface area contributed by atoms with E-state index in [1.165, 1.54) is 12.1 Å². The molecule has 1 fully saturated rings. The van der Waals surface area contributed by atoms with Crippen LogP contribution < -0.4 is 10.6 Å². The zero-order valence-corrected chi connectivity index (χ0v) is 17.0. The van der Waals surface area contributed by atoms with Crippen molar-refractivity contribution in [3.8, 4) is 0 Å². The van der Waals surface area contributed by atoms with E-state index in [4.69, 9.17) is 4.74 Å². The van der Waals surface area contributed by atoms with E-state index in [9.17, 15) is 24.0 Å². The minimum Gasteiger partial charge on any atom is -0.454 e. The number of nitrogens with zero attached hydrogens (tertiary/aromatic N) is 1. The Morgan fingerprint density at radius 2 is 1.63 bits per heavy atom. The summed E-state index contributed by atoms with van der Waals surface area (Å²) in [6.45, 7) is 2.65. The zero-order chi connectivity index (χ0) is 21.8. The van der Waals surface area contributed by atoms with Crippen molar-refractivity contribution in [3.05, 3.63) is 35.4 Å². The number of ether oxygens (including phenoxy) is 1. The van der Waals surface area contributed by atoms with Gasteiger partial charge in [-0.1, -0.05) is 38.8 Å². The minimum atomic E-state index is -1.18. The third-order valence-electron chi connectivity index (χ3n) is 5.27. The van der Waals surface area contributed by atoms with Crippen molar-refractivity contribution < 1.29 is 28.7 Å².